The van der Waals surface area contributed by atoms with Crippen molar-refractivity contribution in [2.45, 2.75) is 0 Å². The fourth-order valence-electron chi connectivity index (χ4n) is 2.93. The van der Waals surface area contributed by atoms with Crippen LogP contribution in [0.1, 0.15) is 20.7 Å². The van der Waals surface area contributed by atoms with Crippen LogP contribution in [0.2, 0.25) is 0 Å². The predicted octanol–water partition coefficient (Wildman–Crippen LogP) is 1.89. The Morgan fingerprint density at radius 1 is 1.11 bits per heavy atom. The van der Waals surface area contributed by atoms with Gasteiger partial charge in [-0.1, -0.05) is 24.3 Å². The van der Waals surface area contributed by atoms with Gasteiger partial charge in [0, 0.05) is 6.20 Å². The minimum absolute atomic E-state index is 0.117. The number of nitrogens with zero attached hydrogens (tertiary/aromatic N) is 3. The average molecular weight is 377 g/mol. The molecule has 0 saturated carbocycles. The molecular weight excluding hydrogens is 362 g/mol. The van der Waals surface area contributed by atoms with Gasteiger partial charge in [-0.15, -0.1) is 0 Å². The molecule has 0 radical (unpaired) electrons. The molecule has 1 aliphatic heterocycles. The molecule has 0 saturated heterocycles. The van der Waals surface area contributed by atoms with E-state index in [4.69, 9.17) is 4.74 Å². The van der Waals surface area contributed by atoms with Crippen LogP contribution in [0.5, 0.6) is 11.5 Å². The molecule has 2 heterocycles. The Bertz CT molecular complexity index is 1090. The van der Waals surface area contributed by atoms with Crippen LogP contribution < -0.4 is 9.64 Å². The topological polar surface area (TPSA) is 102 Å². The molecule has 0 aliphatic carbocycles. The van der Waals surface area contributed by atoms with Crippen molar-refractivity contribution in [3.8, 4) is 11.5 Å². The summed E-state index contributed by atoms with van der Waals surface area (Å²) in [5.41, 5.74) is 0.778. The zero-order chi connectivity index (χ0) is 19.7. The highest BCUT2D eigenvalue weighted by atomic mass is 16.5. The van der Waals surface area contributed by atoms with E-state index in [0.29, 0.717) is 11.4 Å². The summed E-state index contributed by atoms with van der Waals surface area (Å²) < 4.78 is 6.37. The second-order valence-electron chi connectivity index (χ2n) is 6.15. The first kappa shape index (κ1) is 17.5. The standard InChI is InChI=1S/C20H15N3O5/c24-16-7-3-1-5-14(16)20(27)13-9-21-23(10-13)18(25)11-22-15-6-2-4-8-17(15)28-12-19(22)26/h1-10,24H,11-12H2. The average Bonchev–Trinajstić information content (AvgIpc) is 3.20. The van der Waals surface area contributed by atoms with Gasteiger partial charge in [-0.25, -0.2) is 4.68 Å². The van der Waals surface area contributed by atoms with Gasteiger partial charge >= 0.3 is 0 Å². The van der Waals surface area contributed by atoms with Gasteiger partial charge in [0.05, 0.1) is 23.0 Å². The van der Waals surface area contributed by atoms with Gasteiger partial charge in [0.15, 0.2) is 12.4 Å². The molecule has 8 nitrogen and oxygen atoms in total. The lowest BCUT2D eigenvalue weighted by molar-refractivity contribution is -0.121. The summed E-state index contributed by atoms with van der Waals surface area (Å²) in [5.74, 6) is -0.913. The maximum absolute atomic E-state index is 12.6. The first-order valence-corrected chi connectivity index (χ1v) is 8.47. The Morgan fingerprint density at radius 2 is 1.86 bits per heavy atom. The Labute approximate surface area is 159 Å². The van der Waals surface area contributed by atoms with Crippen molar-refractivity contribution in [3.05, 3.63) is 72.1 Å². The molecule has 0 spiro atoms. The Balaban J connectivity index is 1.55. The predicted molar refractivity (Wildman–Crippen MR) is 98.7 cm³/mol. The first-order valence-electron chi connectivity index (χ1n) is 8.47. The van der Waals surface area contributed by atoms with E-state index < -0.39 is 11.7 Å². The lowest BCUT2D eigenvalue weighted by atomic mass is 10.1. The van der Waals surface area contributed by atoms with E-state index in [9.17, 15) is 19.5 Å². The highest BCUT2D eigenvalue weighted by molar-refractivity contribution is 6.10. The van der Waals surface area contributed by atoms with E-state index >= 15 is 0 Å². The van der Waals surface area contributed by atoms with Crippen LogP contribution in [0.25, 0.3) is 0 Å². The number of fused-ring (bicyclic) bond motifs is 1. The molecule has 1 aromatic heterocycles. The molecule has 140 valence electrons. The van der Waals surface area contributed by atoms with Gasteiger partial charge in [-0.05, 0) is 24.3 Å². The number of ketones is 1. The first-order chi connectivity index (χ1) is 13.5. The quantitative estimate of drug-likeness (QED) is 0.697. The molecule has 0 fully saturated rings. The molecule has 3 aromatic rings. The largest absolute Gasteiger partial charge is 0.507 e. The van der Waals surface area contributed by atoms with Crippen LogP contribution in [-0.2, 0) is 4.79 Å². The number of hydrogen-bond acceptors (Lipinski definition) is 6. The number of hydrogen-bond donors (Lipinski definition) is 1. The van der Waals surface area contributed by atoms with E-state index in [1.807, 2.05) is 0 Å². The van der Waals surface area contributed by atoms with Gasteiger partial charge in [0.2, 0.25) is 0 Å². The molecule has 1 amide bonds. The fourth-order valence-corrected chi connectivity index (χ4v) is 2.93. The number of phenols is 1. The van der Waals surface area contributed by atoms with E-state index in [-0.39, 0.29) is 35.9 Å². The molecule has 1 N–H and O–H groups in total. The monoisotopic (exact) mass is 377 g/mol. The summed E-state index contributed by atoms with van der Waals surface area (Å²) in [7, 11) is 0. The van der Waals surface area contributed by atoms with Crippen molar-refractivity contribution >= 4 is 23.3 Å². The number of para-hydroxylation sites is 3. The molecule has 0 bridgehead atoms. The van der Waals surface area contributed by atoms with Gasteiger partial charge < -0.3 is 9.84 Å². The van der Waals surface area contributed by atoms with Gasteiger partial charge in [-0.3, -0.25) is 19.3 Å². The van der Waals surface area contributed by atoms with Gasteiger partial charge in [0.1, 0.15) is 18.0 Å². The molecule has 2 aromatic carbocycles. The van der Waals surface area contributed by atoms with Crippen LogP contribution in [0.15, 0.2) is 60.9 Å². The van der Waals surface area contributed by atoms with Crippen LogP contribution in [-0.4, -0.2) is 45.6 Å². The number of ether oxygens (including phenoxy) is 1. The Kier molecular flexibility index (Phi) is 4.36. The summed E-state index contributed by atoms with van der Waals surface area (Å²) >= 11 is 0. The number of carbonyl (C=O) groups excluding carboxylic acids is 3. The van der Waals surface area contributed by atoms with Crippen LogP contribution in [0, 0.1) is 0 Å². The highest BCUT2D eigenvalue weighted by Gasteiger charge is 2.28. The number of amides is 1. The number of aromatic nitrogens is 2. The SMILES string of the molecule is O=C(c1cnn(C(=O)CN2C(=O)COc3ccccc32)c1)c1ccccc1O. The summed E-state index contributed by atoms with van der Waals surface area (Å²) in [6, 6.07) is 13.1. The van der Waals surface area contributed by atoms with Crippen molar-refractivity contribution in [3.63, 3.8) is 0 Å². The second kappa shape index (κ2) is 6.99. The maximum Gasteiger partial charge on any atom is 0.266 e. The number of aromatic hydroxyl groups is 1. The molecule has 8 heteroatoms. The highest BCUT2D eigenvalue weighted by Crippen LogP contribution is 2.31. The molecular formula is C20H15N3O5. The minimum atomic E-state index is -0.485. The summed E-state index contributed by atoms with van der Waals surface area (Å²) in [6.07, 6.45) is 2.54. The lowest BCUT2D eigenvalue weighted by Gasteiger charge is -2.28. The van der Waals surface area contributed by atoms with Crippen molar-refractivity contribution < 1.29 is 24.2 Å². The third kappa shape index (κ3) is 3.11. The number of phenolic OH excluding ortho intramolecular Hbond substituents is 1. The molecule has 4 rings (SSSR count). The van der Waals surface area contributed by atoms with Crippen molar-refractivity contribution in [2.24, 2.45) is 0 Å². The maximum atomic E-state index is 12.6. The second-order valence-corrected chi connectivity index (χ2v) is 6.15. The van der Waals surface area contributed by atoms with E-state index in [1.165, 1.54) is 29.4 Å². The fraction of sp³-hybridized carbons (Fsp3) is 0.100. The van der Waals surface area contributed by atoms with Crippen molar-refractivity contribution in [2.75, 3.05) is 18.1 Å². The third-order valence-corrected chi connectivity index (χ3v) is 4.35. The normalized spacial score (nSPS) is 13.0. The Hall–Kier alpha value is -3.94. The van der Waals surface area contributed by atoms with E-state index in [0.717, 1.165) is 4.68 Å². The summed E-state index contributed by atoms with van der Waals surface area (Å²) in [5, 5.41) is 13.8. The molecule has 0 unspecified atom stereocenters. The van der Waals surface area contributed by atoms with Crippen LogP contribution in [0.3, 0.4) is 0 Å². The zero-order valence-electron chi connectivity index (χ0n) is 14.6. The summed E-state index contributed by atoms with van der Waals surface area (Å²) in [6.45, 7) is -0.397. The van der Waals surface area contributed by atoms with E-state index in [2.05, 4.69) is 5.10 Å². The van der Waals surface area contributed by atoms with Crippen molar-refractivity contribution in [1.29, 1.82) is 0 Å². The van der Waals surface area contributed by atoms with Gasteiger partial charge in [-0.2, -0.15) is 5.10 Å². The number of carbonyl (C=O) groups is 3. The number of anilines is 1. The molecule has 1 aliphatic rings. The Morgan fingerprint density at radius 3 is 2.68 bits per heavy atom. The van der Waals surface area contributed by atoms with E-state index in [1.54, 1.807) is 36.4 Å². The molecule has 28 heavy (non-hydrogen) atoms. The van der Waals surface area contributed by atoms with Crippen LogP contribution in [0.4, 0.5) is 5.69 Å². The van der Waals surface area contributed by atoms with Crippen LogP contribution >= 0.6 is 0 Å². The third-order valence-electron chi connectivity index (χ3n) is 4.35. The number of benzene rings is 2. The minimum Gasteiger partial charge on any atom is -0.507 e. The lowest BCUT2D eigenvalue weighted by Crippen LogP contribution is -2.43. The number of rotatable bonds is 4. The summed E-state index contributed by atoms with van der Waals surface area (Å²) in [4.78, 5) is 38.6. The van der Waals surface area contributed by atoms with Crippen molar-refractivity contribution in [1.82, 2.24) is 9.78 Å². The smallest absolute Gasteiger partial charge is 0.266 e. The molecule has 0 atom stereocenters. The zero-order valence-corrected chi connectivity index (χ0v) is 14.6. The van der Waals surface area contributed by atoms with Gasteiger partial charge in [0.25, 0.3) is 11.8 Å².